The van der Waals surface area contributed by atoms with Crippen LogP contribution in [-0.2, 0) is 0 Å². The molecule has 0 saturated carbocycles. The Bertz CT molecular complexity index is 963. The number of rotatable bonds is 6. The first-order chi connectivity index (χ1) is 13.1. The maximum atomic E-state index is 12.5. The number of carbonyl (C=O) groups is 1. The van der Waals surface area contributed by atoms with E-state index in [-0.39, 0.29) is 5.91 Å². The molecule has 7 heteroatoms. The molecule has 2 aromatic carbocycles. The number of hydrogen-bond donors (Lipinski definition) is 2. The molecule has 0 radical (unpaired) electrons. The number of anilines is 3. The molecule has 0 bridgehead atoms. The predicted octanol–water partition coefficient (Wildman–Crippen LogP) is 4.75. The van der Waals surface area contributed by atoms with Gasteiger partial charge in [0.1, 0.15) is 17.3 Å². The highest BCUT2D eigenvalue weighted by atomic mass is 35.5. The van der Waals surface area contributed by atoms with Gasteiger partial charge in [-0.1, -0.05) is 23.7 Å². The Hall–Kier alpha value is -3.25. The molecule has 27 heavy (non-hydrogen) atoms. The molecule has 3 rings (SSSR count). The van der Waals surface area contributed by atoms with Crippen molar-refractivity contribution in [3.63, 3.8) is 0 Å². The molecule has 0 aliphatic carbocycles. The second-order valence-electron chi connectivity index (χ2n) is 5.56. The van der Waals surface area contributed by atoms with Crippen LogP contribution in [0.4, 0.5) is 17.2 Å². The number of amides is 1. The molecule has 0 unspecified atom stereocenters. The number of ether oxygens (including phenoxy) is 2. The second kappa shape index (κ2) is 8.42. The summed E-state index contributed by atoms with van der Waals surface area (Å²) in [6.45, 7) is 0. The van der Waals surface area contributed by atoms with Crippen molar-refractivity contribution < 1.29 is 14.3 Å². The van der Waals surface area contributed by atoms with Crippen LogP contribution < -0.4 is 20.1 Å². The summed E-state index contributed by atoms with van der Waals surface area (Å²) in [6, 6.07) is 15.8. The van der Waals surface area contributed by atoms with Crippen molar-refractivity contribution in [2.75, 3.05) is 24.9 Å². The number of nitrogens with zero attached hydrogens (tertiary/aromatic N) is 1. The summed E-state index contributed by atoms with van der Waals surface area (Å²) in [5, 5.41) is 6.38. The highest BCUT2D eigenvalue weighted by Gasteiger charge is 2.10. The molecule has 0 aliphatic rings. The van der Waals surface area contributed by atoms with Crippen LogP contribution in [0.2, 0.25) is 5.02 Å². The minimum Gasteiger partial charge on any atom is -0.495 e. The van der Waals surface area contributed by atoms with Crippen molar-refractivity contribution in [3.8, 4) is 11.5 Å². The highest BCUT2D eigenvalue weighted by Crippen LogP contribution is 2.28. The molecule has 1 aromatic heterocycles. The van der Waals surface area contributed by atoms with Crippen molar-refractivity contribution in [2.24, 2.45) is 0 Å². The van der Waals surface area contributed by atoms with Gasteiger partial charge in [0.2, 0.25) is 0 Å². The van der Waals surface area contributed by atoms with Gasteiger partial charge in [0, 0.05) is 17.4 Å². The predicted molar refractivity (Wildman–Crippen MR) is 106 cm³/mol. The van der Waals surface area contributed by atoms with Crippen molar-refractivity contribution >= 4 is 34.7 Å². The molecule has 0 saturated heterocycles. The van der Waals surface area contributed by atoms with E-state index in [1.54, 1.807) is 43.6 Å². The lowest BCUT2D eigenvalue weighted by molar-refractivity contribution is 0.102. The molecule has 3 aromatic rings. The summed E-state index contributed by atoms with van der Waals surface area (Å²) in [5.41, 5.74) is 1.78. The van der Waals surface area contributed by atoms with Gasteiger partial charge in [-0.2, -0.15) is 0 Å². The lowest BCUT2D eigenvalue weighted by Gasteiger charge is -2.11. The summed E-state index contributed by atoms with van der Waals surface area (Å²) in [4.78, 5) is 16.8. The van der Waals surface area contributed by atoms with Crippen molar-refractivity contribution in [3.05, 3.63) is 71.4 Å². The Morgan fingerprint density at radius 3 is 2.52 bits per heavy atom. The number of methoxy groups -OCH3 is 2. The molecule has 2 N–H and O–H groups in total. The number of aromatic nitrogens is 1. The maximum Gasteiger partial charge on any atom is 0.255 e. The molecule has 138 valence electrons. The second-order valence-corrected chi connectivity index (χ2v) is 5.97. The normalized spacial score (nSPS) is 10.2. The Labute approximate surface area is 162 Å². The van der Waals surface area contributed by atoms with Gasteiger partial charge in [0.05, 0.1) is 24.9 Å². The third-order valence-corrected chi connectivity index (χ3v) is 4.10. The van der Waals surface area contributed by atoms with E-state index in [9.17, 15) is 4.79 Å². The summed E-state index contributed by atoms with van der Waals surface area (Å²) in [7, 11) is 3.13. The summed E-state index contributed by atoms with van der Waals surface area (Å²) in [6.07, 6.45) is 1.56. The summed E-state index contributed by atoms with van der Waals surface area (Å²) >= 11 is 6.09. The highest BCUT2D eigenvalue weighted by molar-refractivity contribution is 6.32. The van der Waals surface area contributed by atoms with E-state index < -0.39 is 0 Å². The first-order valence-electron chi connectivity index (χ1n) is 8.11. The fourth-order valence-electron chi connectivity index (χ4n) is 2.47. The average molecular weight is 384 g/mol. The molecule has 0 spiro atoms. The molecule has 6 nitrogen and oxygen atoms in total. The minimum atomic E-state index is -0.276. The fourth-order valence-corrected chi connectivity index (χ4v) is 2.73. The largest absolute Gasteiger partial charge is 0.495 e. The number of carbonyl (C=O) groups excluding carboxylic acids is 1. The van der Waals surface area contributed by atoms with Crippen LogP contribution >= 0.6 is 11.6 Å². The quantitative estimate of drug-likeness (QED) is 0.642. The van der Waals surface area contributed by atoms with Gasteiger partial charge in [-0.15, -0.1) is 0 Å². The Kier molecular flexibility index (Phi) is 5.78. The third-order valence-electron chi connectivity index (χ3n) is 3.80. The smallest absolute Gasteiger partial charge is 0.255 e. The molecular weight excluding hydrogens is 366 g/mol. The topological polar surface area (TPSA) is 72.5 Å². The number of para-hydroxylation sites is 2. The van der Waals surface area contributed by atoms with E-state index in [4.69, 9.17) is 21.1 Å². The van der Waals surface area contributed by atoms with Crippen LogP contribution in [-0.4, -0.2) is 25.1 Å². The third kappa shape index (κ3) is 4.48. The first-order valence-corrected chi connectivity index (χ1v) is 8.49. The van der Waals surface area contributed by atoms with E-state index in [1.165, 1.54) is 7.11 Å². The zero-order valence-electron chi connectivity index (χ0n) is 14.8. The Morgan fingerprint density at radius 1 is 1.00 bits per heavy atom. The molecule has 1 amide bonds. The van der Waals surface area contributed by atoms with Crippen molar-refractivity contribution in [1.82, 2.24) is 4.98 Å². The first kappa shape index (κ1) is 18.5. The van der Waals surface area contributed by atoms with Gasteiger partial charge in [0.25, 0.3) is 5.91 Å². The minimum absolute atomic E-state index is 0.276. The molecule has 1 heterocycles. The Morgan fingerprint density at radius 2 is 1.78 bits per heavy atom. The van der Waals surface area contributed by atoms with Crippen LogP contribution in [0.1, 0.15) is 10.4 Å². The zero-order valence-corrected chi connectivity index (χ0v) is 15.6. The summed E-state index contributed by atoms with van der Waals surface area (Å²) in [5.74, 6) is 1.48. The monoisotopic (exact) mass is 383 g/mol. The number of pyridine rings is 1. The van der Waals surface area contributed by atoms with Crippen LogP contribution in [0.25, 0.3) is 0 Å². The number of nitrogens with one attached hydrogen (secondary N) is 2. The van der Waals surface area contributed by atoms with Gasteiger partial charge in [0.15, 0.2) is 0 Å². The van der Waals surface area contributed by atoms with E-state index in [0.29, 0.717) is 33.6 Å². The fraction of sp³-hybridized carbons (Fsp3) is 0.100. The average Bonchev–Trinajstić information content (AvgIpc) is 2.69. The van der Waals surface area contributed by atoms with E-state index >= 15 is 0 Å². The SMILES string of the molecule is COc1ccc(NC(=O)c2ccnc(Nc3ccccc3OC)c2)cc1Cl. The molecule has 0 fully saturated rings. The van der Waals surface area contributed by atoms with E-state index in [1.807, 2.05) is 24.3 Å². The number of halogens is 1. The maximum absolute atomic E-state index is 12.5. The van der Waals surface area contributed by atoms with Crippen LogP contribution in [0, 0.1) is 0 Å². The van der Waals surface area contributed by atoms with Crippen molar-refractivity contribution in [2.45, 2.75) is 0 Å². The van der Waals surface area contributed by atoms with Crippen LogP contribution in [0.5, 0.6) is 11.5 Å². The van der Waals surface area contributed by atoms with Gasteiger partial charge in [-0.3, -0.25) is 4.79 Å². The van der Waals surface area contributed by atoms with E-state index in [2.05, 4.69) is 15.6 Å². The van der Waals surface area contributed by atoms with E-state index in [0.717, 1.165) is 5.69 Å². The molecule has 0 atom stereocenters. The number of hydrogen-bond acceptors (Lipinski definition) is 5. The van der Waals surface area contributed by atoms with Crippen molar-refractivity contribution in [1.29, 1.82) is 0 Å². The van der Waals surface area contributed by atoms with Crippen LogP contribution in [0.3, 0.4) is 0 Å². The lowest BCUT2D eigenvalue weighted by Crippen LogP contribution is -2.12. The summed E-state index contributed by atoms with van der Waals surface area (Å²) < 4.78 is 10.4. The molecular formula is C20H18ClN3O3. The van der Waals surface area contributed by atoms with Gasteiger partial charge >= 0.3 is 0 Å². The van der Waals surface area contributed by atoms with Gasteiger partial charge in [-0.25, -0.2) is 4.98 Å². The zero-order chi connectivity index (χ0) is 19.2. The standard InChI is InChI=1S/C20H18ClN3O3/c1-26-17-8-7-14(12-15(17)21)23-20(25)13-9-10-22-19(11-13)24-16-5-3-4-6-18(16)27-2/h3-12H,1-2H3,(H,22,24)(H,23,25). The lowest BCUT2D eigenvalue weighted by atomic mass is 10.2. The van der Waals surface area contributed by atoms with Gasteiger partial charge < -0.3 is 20.1 Å². The number of benzene rings is 2. The molecule has 0 aliphatic heterocycles. The Balaban J connectivity index is 1.76. The van der Waals surface area contributed by atoms with Crippen LogP contribution in [0.15, 0.2) is 60.8 Å². The van der Waals surface area contributed by atoms with Gasteiger partial charge in [-0.05, 0) is 42.5 Å².